The Morgan fingerprint density at radius 2 is 1.80 bits per heavy atom. The van der Waals surface area contributed by atoms with E-state index < -0.39 is 0 Å². The molecule has 106 valence electrons. The minimum absolute atomic E-state index is 0.451. The quantitative estimate of drug-likeness (QED) is 0.854. The zero-order valence-corrected chi connectivity index (χ0v) is 12.7. The third-order valence-corrected chi connectivity index (χ3v) is 3.39. The van der Waals surface area contributed by atoms with Gasteiger partial charge in [-0.25, -0.2) is 0 Å². The highest BCUT2D eigenvalue weighted by Gasteiger charge is 2.09. The lowest BCUT2D eigenvalue weighted by molar-refractivity contribution is 0.468. The van der Waals surface area contributed by atoms with E-state index in [1.54, 1.807) is 0 Å². The zero-order valence-electron chi connectivity index (χ0n) is 12.7. The summed E-state index contributed by atoms with van der Waals surface area (Å²) in [6.45, 7) is 7.30. The second kappa shape index (κ2) is 6.58. The van der Waals surface area contributed by atoms with E-state index in [4.69, 9.17) is 4.74 Å². The summed E-state index contributed by atoms with van der Waals surface area (Å²) in [4.78, 5) is 0. The highest BCUT2D eigenvalue weighted by molar-refractivity contribution is 5.43. The largest absolute Gasteiger partial charge is 0.457 e. The summed E-state index contributed by atoms with van der Waals surface area (Å²) in [5.74, 6) is 2.34. The molecule has 0 aliphatic rings. The second-order valence-electron chi connectivity index (χ2n) is 5.42. The van der Waals surface area contributed by atoms with E-state index in [9.17, 15) is 0 Å². The minimum Gasteiger partial charge on any atom is -0.457 e. The van der Waals surface area contributed by atoms with Crippen LogP contribution in [0, 0.1) is 6.92 Å². The maximum atomic E-state index is 6.16. The Kier molecular flexibility index (Phi) is 4.80. The minimum atomic E-state index is 0.451. The predicted molar refractivity (Wildman–Crippen MR) is 84.5 cm³/mol. The van der Waals surface area contributed by atoms with Crippen molar-refractivity contribution >= 4 is 0 Å². The SMILES string of the molecule is CNCc1ccc(C)c(Oc2ccccc2C(C)C)c1. The van der Waals surface area contributed by atoms with Crippen molar-refractivity contribution < 1.29 is 4.74 Å². The third-order valence-electron chi connectivity index (χ3n) is 3.39. The summed E-state index contributed by atoms with van der Waals surface area (Å²) in [6, 6.07) is 14.6. The van der Waals surface area contributed by atoms with Crippen LogP contribution < -0.4 is 10.1 Å². The van der Waals surface area contributed by atoms with Gasteiger partial charge in [0.25, 0.3) is 0 Å². The maximum Gasteiger partial charge on any atom is 0.130 e. The topological polar surface area (TPSA) is 21.3 Å². The molecular formula is C18H23NO. The van der Waals surface area contributed by atoms with Crippen LogP contribution in [0.15, 0.2) is 42.5 Å². The van der Waals surface area contributed by atoms with Crippen LogP contribution in [-0.4, -0.2) is 7.05 Å². The van der Waals surface area contributed by atoms with Crippen LogP contribution in [0.5, 0.6) is 11.5 Å². The van der Waals surface area contributed by atoms with Crippen molar-refractivity contribution in [2.75, 3.05) is 7.05 Å². The van der Waals surface area contributed by atoms with Crippen molar-refractivity contribution in [2.45, 2.75) is 33.2 Å². The molecule has 0 saturated carbocycles. The average molecular weight is 269 g/mol. The molecule has 0 fully saturated rings. The summed E-state index contributed by atoms with van der Waals surface area (Å²) < 4.78 is 6.16. The smallest absolute Gasteiger partial charge is 0.130 e. The molecule has 0 radical (unpaired) electrons. The normalized spacial score (nSPS) is 10.8. The Balaban J connectivity index is 2.32. The average Bonchev–Trinajstić information content (AvgIpc) is 2.43. The molecule has 0 heterocycles. The van der Waals surface area contributed by atoms with Gasteiger partial charge in [0.15, 0.2) is 0 Å². The van der Waals surface area contributed by atoms with E-state index >= 15 is 0 Å². The van der Waals surface area contributed by atoms with Crippen LogP contribution in [0.4, 0.5) is 0 Å². The summed E-state index contributed by atoms with van der Waals surface area (Å²) >= 11 is 0. The molecule has 2 nitrogen and oxygen atoms in total. The number of hydrogen-bond donors (Lipinski definition) is 1. The molecule has 0 spiro atoms. The molecule has 0 bridgehead atoms. The Morgan fingerprint density at radius 3 is 2.50 bits per heavy atom. The molecule has 0 saturated heterocycles. The lowest BCUT2D eigenvalue weighted by Gasteiger charge is -2.15. The van der Waals surface area contributed by atoms with E-state index in [-0.39, 0.29) is 0 Å². The van der Waals surface area contributed by atoms with Crippen LogP contribution in [0.25, 0.3) is 0 Å². The maximum absolute atomic E-state index is 6.16. The van der Waals surface area contributed by atoms with Gasteiger partial charge in [-0.15, -0.1) is 0 Å². The van der Waals surface area contributed by atoms with Gasteiger partial charge in [-0.3, -0.25) is 0 Å². The number of rotatable bonds is 5. The van der Waals surface area contributed by atoms with Gasteiger partial charge in [0, 0.05) is 6.54 Å². The van der Waals surface area contributed by atoms with Gasteiger partial charge < -0.3 is 10.1 Å². The van der Waals surface area contributed by atoms with Gasteiger partial charge in [0.1, 0.15) is 11.5 Å². The molecule has 2 heteroatoms. The van der Waals surface area contributed by atoms with Crippen molar-refractivity contribution in [3.05, 3.63) is 59.2 Å². The van der Waals surface area contributed by atoms with E-state index in [1.165, 1.54) is 11.1 Å². The first-order chi connectivity index (χ1) is 9.61. The summed E-state index contributed by atoms with van der Waals surface area (Å²) in [5, 5.41) is 3.17. The van der Waals surface area contributed by atoms with Crippen LogP contribution >= 0.6 is 0 Å². The van der Waals surface area contributed by atoms with Crippen molar-refractivity contribution in [1.82, 2.24) is 5.32 Å². The monoisotopic (exact) mass is 269 g/mol. The van der Waals surface area contributed by atoms with Gasteiger partial charge in [-0.2, -0.15) is 0 Å². The number of hydrogen-bond acceptors (Lipinski definition) is 2. The molecular weight excluding hydrogens is 246 g/mol. The molecule has 2 rings (SSSR count). The fourth-order valence-electron chi connectivity index (χ4n) is 2.24. The predicted octanol–water partition coefficient (Wildman–Crippen LogP) is 4.63. The highest BCUT2D eigenvalue weighted by atomic mass is 16.5. The Labute approximate surface area is 121 Å². The van der Waals surface area contributed by atoms with E-state index in [0.717, 1.165) is 23.6 Å². The van der Waals surface area contributed by atoms with E-state index in [2.05, 4.69) is 56.4 Å². The standard InChI is InChI=1S/C18H23NO/c1-13(2)16-7-5-6-8-17(16)20-18-11-15(12-19-4)10-9-14(18)3/h5-11,13,19H,12H2,1-4H3. The summed E-state index contributed by atoms with van der Waals surface area (Å²) in [6.07, 6.45) is 0. The molecule has 20 heavy (non-hydrogen) atoms. The molecule has 2 aromatic carbocycles. The molecule has 0 aliphatic carbocycles. The molecule has 0 unspecified atom stereocenters. The van der Waals surface area contributed by atoms with Crippen molar-refractivity contribution in [2.24, 2.45) is 0 Å². The van der Waals surface area contributed by atoms with E-state index in [0.29, 0.717) is 5.92 Å². The van der Waals surface area contributed by atoms with Crippen molar-refractivity contribution in [3.63, 3.8) is 0 Å². The first-order valence-electron chi connectivity index (χ1n) is 7.12. The van der Waals surface area contributed by atoms with Gasteiger partial charge in [-0.05, 0) is 48.7 Å². The Hall–Kier alpha value is -1.80. The number of ether oxygens (including phenoxy) is 1. The molecule has 0 aliphatic heterocycles. The zero-order chi connectivity index (χ0) is 14.5. The highest BCUT2D eigenvalue weighted by Crippen LogP contribution is 2.32. The van der Waals surface area contributed by atoms with Crippen LogP contribution in [0.1, 0.15) is 36.5 Å². The molecule has 1 N–H and O–H groups in total. The van der Waals surface area contributed by atoms with Gasteiger partial charge >= 0.3 is 0 Å². The molecule has 0 aromatic heterocycles. The van der Waals surface area contributed by atoms with Gasteiger partial charge in [0.05, 0.1) is 0 Å². The van der Waals surface area contributed by atoms with Crippen LogP contribution in [-0.2, 0) is 6.54 Å². The van der Waals surface area contributed by atoms with Crippen molar-refractivity contribution in [1.29, 1.82) is 0 Å². The van der Waals surface area contributed by atoms with Gasteiger partial charge in [0.2, 0.25) is 0 Å². The second-order valence-corrected chi connectivity index (χ2v) is 5.42. The third kappa shape index (κ3) is 3.40. The van der Waals surface area contributed by atoms with Crippen LogP contribution in [0.3, 0.4) is 0 Å². The Morgan fingerprint density at radius 1 is 1.05 bits per heavy atom. The number of para-hydroxylation sites is 1. The summed E-state index contributed by atoms with van der Waals surface area (Å²) in [7, 11) is 1.95. The first kappa shape index (κ1) is 14.6. The lowest BCUT2D eigenvalue weighted by atomic mass is 10.0. The molecule has 0 atom stereocenters. The number of aryl methyl sites for hydroxylation is 1. The van der Waals surface area contributed by atoms with Crippen LogP contribution in [0.2, 0.25) is 0 Å². The number of benzene rings is 2. The fourth-order valence-corrected chi connectivity index (χ4v) is 2.24. The number of nitrogens with one attached hydrogen (secondary N) is 1. The van der Waals surface area contributed by atoms with Crippen molar-refractivity contribution in [3.8, 4) is 11.5 Å². The lowest BCUT2D eigenvalue weighted by Crippen LogP contribution is -2.05. The van der Waals surface area contributed by atoms with E-state index in [1.807, 2.05) is 19.2 Å². The van der Waals surface area contributed by atoms with Gasteiger partial charge in [-0.1, -0.05) is 44.2 Å². The summed E-state index contributed by atoms with van der Waals surface area (Å²) in [5.41, 5.74) is 3.63. The Bertz CT molecular complexity index is 575. The molecule has 2 aromatic rings. The first-order valence-corrected chi connectivity index (χ1v) is 7.12. The fraction of sp³-hybridized carbons (Fsp3) is 0.333. The molecule has 0 amide bonds.